The number of para-hydroxylation sites is 1. The Bertz CT molecular complexity index is 3140. The second kappa shape index (κ2) is 9.71. The van der Waals surface area contributed by atoms with Crippen molar-refractivity contribution >= 4 is 108 Å². The van der Waals surface area contributed by atoms with Gasteiger partial charge in [-0.2, -0.15) is 0 Å². The summed E-state index contributed by atoms with van der Waals surface area (Å²) in [6.07, 6.45) is 0. The molecule has 0 aliphatic heterocycles. The lowest BCUT2D eigenvalue weighted by Crippen LogP contribution is -1.95. The van der Waals surface area contributed by atoms with E-state index in [1.165, 1.54) is 63.5 Å². The maximum atomic E-state index is 6.51. The average Bonchev–Trinajstić information content (AvgIpc) is 3.80. The molecule has 8 aromatic carbocycles. The first kappa shape index (κ1) is 26.5. The molecule has 0 atom stereocenters. The van der Waals surface area contributed by atoms with Gasteiger partial charge in [-0.3, -0.25) is 0 Å². The summed E-state index contributed by atoms with van der Waals surface area (Å²) in [5.41, 5.74) is 7.40. The highest BCUT2D eigenvalue weighted by Gasteiger charge is 2.21. The first-order valence-corrected chi connectivity index (χ1v) is 17.3. The maximum Gasteiger partial charge on any atom is 0.143 e. The van der Waals surface area contributed by atoms with Crippen molar-refractivity contribution in [2.75, 3.05) is 0 Å². The molecular weight excluding hydrogens is 626 g/mol. The van der Waals surface area contributed by atoms with E-state index in [0.29, 0.717) is 5.02 Å². The molecule has 0 spiro atoms. The van der Waals surface area contributed by atoms with Crippen LogP contribution >= 0.6 is 22.9 Å². The number of hydrogen-bond acceptors (Lipinski definition) is 2. The van der Waals surface area contributed by atoms with Gasteiger partial charge in [0.25, 0.3) is 0 Å². The maximum absolute atomic E-state index is 6.51. The van der Waals surface area contributed by atoms with Gasteiger partial charge in [0.05, 0.1) is 11.0 Å². The van der Waals surface area contributed by atoms with Crippen molar-refractivity contribution in [3.63, 3.8) is 0 Å². The Morgan fingerprint density at radius 3 is 2.06 bits per heavy atom. The van der Waals surface area contributed by atoms with Crippen LogP contribution in [0.3, 0.4) is 0 Å². The van der Waals surface area contributed by atoms with Gasteiger partial charge >= 0.3 is 0 Å². The molecule has 0 aliphatic rings. The van der Waals surface area contributed by atoms with E-state index < -0.39 is 0 Å². The van der Waals surface area contributed by atoms with E-state index in [1.54, 1.807) is 0 Å². The van der Waals surface area contributed by atoms with E-state index >= 15 is 0 Å². The predicted octanol–water partition coefficient (Wildman–Crippen LogP) is 13.7. The summed E-state index contributed by atoms with van der Waals surface area (Å²) < 4.78 is 11.6. The zero-order valence-corrected chi connectivity index (χ0v) is 27.1. The second-order valence-electron chi connectivity index (χ2n) is 12.6. The van der Waals surface area contributed by atoms with Crippen LogP contribution in [0.5, 0.6) is 0 Å². The second-order valence-corrected chi connectivity index (χ2v) is 14.1. The van der Waals surface area contributed by atoms with Crippen molar-refractivity contribution in [1.29, 1.82) is 0 Å². The molecule has 224 valence electrons. The number of thiophene rings is 1. The number of rotatable bonds is 2. The summed E-state index contributed by atoms with van der Waals surface area (Å²) in [4.78, 5) is 0. The Kier molecular flexibility index (Phi) is 5.35. The van der Waals surface area contributed by atoms with Crippen LogP contribution in [0, 0.1) is 0 Å². The molecule has 4 heteroatoms. The molecule has 3 heterocycles. The van der Waals surface area contributed by atoms with Crippen LogP contribution in [-0.4, -0.2) is 4.57 Å². The van der Waals surface area contributed by atoms with Crippen molar-refractivity contribution in [3.8, 4) is 16.8 Å². The number of benzene rings is 8. The van der Waals surface area contributed by atoms with Crippen molar-refractivity contribution in [2.24, 2.45) is 0 Å². The van der Waals surface area contributed by atoms with Gasteiger partial charge in [-0.25, -0.2) is 0 Å². The third-order valence-corrected chi connectivity index (χ3v) is 11.4. The molecule has 0 radical (unpaired) electrons. The Balaban J connectivity index is 1.29. The van der Waals surface area contributed by atoms with Gasteiger partial charge in [-0.15, -0.1) is 11.3 Å². The number of fused-ring (bicyclic) bond motifs is 14. The minimum Gasteiger partial charge on any atom is -0.455 e. The third kappa shape index (κ3) is 3.58. The minimum absolute atomic E-state index is 0.670. The molecule has 0 saturated carbocycles. The zero-order chi connectivity index (χ0) is 31.5. The highest BCUT2D eigenvalue weighted by Crippen LogP contribution is 2.45. The van der Waals surface area contributed by atoms with E-state index in [1.807, 2.05) is 23.5 Å². The molecule has 0 saturated heterocycles. The van der Waals surface area contributed by atoms with Crippen LogP contribution < -0.4 is 0 Å². The topological polar surface area (TPSA) is 18.1 Å². The largest absolute Gasteiger partial charge is 0.455 e. The molecule has 11 rings (SSSR count). The van der Waals surface area contributed by atoms with Crippen LogP contribution in [0.2, 0.25) is 5.02 Å². The van der Waals surface area contributed by atoms with Crippen molar-refractivity contribution < 1.29 is 4.42 Å². The van der Waals surface area contributed by atoms with Crippen LogP contribution in [0.1, 0.15) is 0 Å². The smallest absolute Gasteiger partial charge is 0.143 e. The first-order valence-electron chi connectivity index (χ1n) is 16.1. The molecule has 0 N–H and O–H groups in total. The van der Waals surface area contributed by atoms with E-state index in [9.17, 15) is 0 Å². The molecular formula is C44H24ClNOS. The van der Waals surface area contributed by atoms with Gasteiger partial charge in [-0.05, 0) is 58.1 Å². The molecule has 2 nitrogen and oxygen atoms in total. The van der Waals surface area contributed by atoms with Crippen molar-refractivity contribution in [1.82, 2.24) is 4.57 Å². The highest BCUT2D eigenvalue weighted by atomic mass is 35.5. The lowest BCUT2D eigenvalue weighted by molar-refractivity contribution is 0.670. The summed E-state index contributed by atoms with van der Waals surface area (Å²) in [7, 11) is 0. The SMILES string of the molecule is Clc1ccc2c(c1)oc1c(-c3ccc4c5c6ccccc6c6ccccc6c5n(-c5ccc6c(c5)sc5ccccc56)c4c3)cccc12. The van der Waals surface area contributed by atoms with Gasteiger partial charge in [0.2, 0.25) is 0 Å². The molecule has 0 unspecified atom stereocenters. The molecule has 0 aliphatic carbocycles. The standard InChI is InChI=1S/C44H24ClNOS/c45-26-17-20-31-36-14-7-13-28(44(36)47-39(31)23-26)25-16-19-37-38(22-25)46(27-18-21-33-32-10-5-6-15-40(32)48-41(33)24-27)43-35-12-4-2-9-30(35)29-8-1-3-11-34(29)42(37)43/h1-24H. The van der Waals surface area contributed by atoms with Crippen LogP contribution in [0.25, 0.3) is 102 Å². The molecule has 0 fully saturated rings. The zero-order valence-electron chi connectivity index (χ0n) is 25.5. The summed E-state index contributed by atoms with van der Waals surface area (Å²) in [5.74, 6) is 0. The highest BCUT2D eigenvalue weighted by molar-refractivity contribution is 7.25. The monoisotopic (exact) mass is 649 g/mol. The van der Waals surface area contributed by atoms with Gasteiger partial charge in [0.15, 0.2) is 0 Å². The summed E-state index contributed by atoms with van der Waals surface area (Å²) in [6.45, 7) is 0. The minimum atomic E-state index is 0.670. The van der Waals surface area contributed by atoms with Crippen LogP contribution in [0.15, 0.2) is 150 Å². The van der Waals surface area contributed by atoms with Gasteiger partial charge in [0.1, 0.15) is 11.2 Å². The first-order chi connectivity index (χ1) is 23.7. The van der Waals surface area contributed by atoms with Crippen LogP contribution in [0.4, 0.5) is 0 Å². The number of aromatic nitrogens is 1. The average molecular weight is 650 g/mol. The Labute approximate surface area is 283 Å². The molecule has 3 aromatic heterocycles. The third-order valence-electron chi connectivity index (χ3n) is 10.0. The fraction of sp³-hybridized carbons (Fsp3) is 0. The Morgan fingerprint density at radius 2 is 1.19 bits per heavy atom. The summed E-state index contributed by atoms with van der Waals surface area (Å²) >= 11 is 8.22. The Hall–Kier alpha value is -5.61. The van der Waals surface area contributed by atoms with Gasteiger partial charge < -0.3 is 8.98 Å². The predicted molar refractivity (Wildman–Crippen MR) is 206 cm³/mol. The lowest BCUT2D eigenvalue weighted by Gasteiger charge is -2.12. The number of nitrogens with zero attached hydrogens (tertiary/aromatic N) is 1. The number of halogens is 1. The van der Waals surface area contributed by atoms with Gasteiger partial charge in [-0.1, -0.05) is 115 Å². The lowest BCUT2D eigenvalue weighted by atomic mass is 9.96. The fourth-order valence-electron chi connectivity index (χ4n) is 7.96. The summed E-state index contributed by atoms with van der Waals surface area (Å²) in [6, 6.07) is 52.6. The molecule has 48 heavy (non-hydrogen) atoms. The number of hydrogen-bond donors (Lipinski definition) is 0. The molecule has 0 bridgehead atoms. The van der Waals surface area contributed by atoms with E-state index in [0.717, 1.165) is 38.8 Å². The number of furan rings is 1. The molecule has 0 amide bonds. The fourth-order valence-corrected chi connectivity index (χ4v) is 9.27. The molecule has 11 aromatic rings. The van der Waals surface area contributed by atoms with E-state index in [2.05, 4.69) is 138 Å². The van der Waals surface area contributed by atoms with Gasteiger partial charge in [0, 0.05) is 69.4 Å². The summed E-state index contributed by atoms with van der Waals surface area (Å²) in [5, 5.41) is 13.0. The normalized spacial score (nSPS) is 12.3. The van der Waals surface area contributed by atoms with Crippen molar-refractivity contribution in [3.05, 3.63) is 151 Å². The Morgan fingerprint density at radius 1 is 0.500 bits per heavy atom. The van der Waals surface area contributed by atoms with E-state index in [-0.39, 0.29) is 0 Å². The van der Waals surface area contributed by atoms with E-state index in [4.69, 9.17) is 16.0 Å². The van der Waals surface area contributed by atoms with Crippen LogP contribution in [-0.2, 0) is 0 Å². The quantitative estimate of drug-likeness (QED) is 0.170. The van der Waals surface area contributed by atoms with Crippen molar-refractivity contribution in [2.45, 2.75) is 0 Å².